The first kappa shape index (κ1) is 17.2. The summed E-state index contributed by atoms with van der Waals surface area (Å²) in [6, 6.07) is 27.1. The van der Waals surface area contributed by atoms with E-state index in [1.807, 2.05) is 36.4 Å². The van der Waals surface area contributed by atoms with E-state index in [0.717, 1.165) is 21.9 Å². The molecule has 4 aromatic rings. The summed E-state index contributed by atoms with van der Waals surface area (Å²) in [5, 5.41) is 21.4. The van der Waals surface area contributed by atoms with Crippen LogP contribution in [0.4, 0.5) is 0 Å². The van der Waals surface area contributed by atoms with Gasteiger partial charge < -0.3 is 10.0 Å². The second kappa shape index (κ2) is 6.06. The minimum atomic E-state index is -1.48. The van der Waals surface area contributed by atoms with Crippen LogP contribution in [0.25, 0.3) is 33.0 Å². The standard InChI is InChI=1S/C25H21BO2/c1-25(2)22-10-6-5-8-19(22)21-15-16(11-13-23(21)25)17-12-14-24(26(27)28)20-9-4-3-7-18(17)20/h3-15,27-28H,1-2H3. The first-order valence-corrected chi connectivity index (χ1v) is 9.61. The molecule has 0 fully saturated rings. The molecule has 3 heteroatoms. The van der Waals surface area contributed by atoms with Crippen LogP contribution in [0, 0.1) is 0 Å². The predicted octanol–water partition coefficient (Wildman–Crippen LogP) is 4.49. The van der Waals surface area contributed by atoms with Gasteiger partial charge in [-0.25, -0.2) is 0 Å². The highest BCUT2D eigenvalue weighted by Crippen LogP contribution is 2.49. The molecule has 2 nitrogen and oxygen atoms in total. The van der Waals surface area contributed by atoms with Gasteiger partial charge in [-0.2, -0.15) is 0 Å². The van der Waals surface area contributed by atoms with Gasteiger partial charge in [0.25, 0.3) is 0 Å². The zero-order chi connectivity index (χ0) is 19.5. The second-order valence-corrected chi connectivity index (χ2v) is 8.05. The minimum Gasteiger partial charge on any atom is -0.423 e. The summed E-state index contributed by atoms with van der Waals surface area (Å²) in [6.45, 7) is 4.56. The third kappa shape index (κ3) is 2.37. The Labute approximate surface area is 165 Å². The molecule has 1 aliphatic carbocycles. The first-order valence-electron chi connectivity index (χ1n) is 9.61. The van der Waals surface area contributed by atoms with Crippen molar-refractivity contribution in [1.29, 1.82) is 0 Å². The fourth-order valence-corrected chi connectivity index (χ4v) is 4.69. The van der Waals surface area contributed by atoms with E-state index in [-0.39, 0.29) is 5.41 Å². The van der Waals surface area contributed by atoms with Crippen LogP contribution in [-0.2, 0) is 5.41 Å². The summed E-state index contributed by atoms with van der Waals surface area (Å²) in [5.41, 5.74) is 8.08. The first-order chi connectivity index (χ1) is 13.5. The van der Waals surface area contributed by atoms with Gasteiger partial charge in [0.2, 0.25) is 0 Å². The topological polar surface area (TPSA) is 40.5 Å². The lowest BCUT2D eigenvalue weighted by Gasteiger charge is -2.21. The van der Waals surface area contributed by atoms with Crippen LogP contribution in [0.3, 0.4) is 0 Å². The fraction of sp³-hybridized carbons (Fsp3) is 0.120. The lowest BCUT2D eigenvalue weighted by molar-refractivity contribution is 0.426. The van der Waals surface area contributed by atoms with Gasteiger partial charge in [0.15, 0.2) is 0 Å². The average Bonchev–Trinajstić information content (AvgIpc) is 2.94. The highest BCUT2D eigenvalue weighted by molar-refractivity contribution is 6.62. The third-order valence-electron chi connectivity index (χ3n) is 6.13. The van der Waals surface area contributed by atoms with Gasteiger partial charge in [-0.15, -0.1) is 0 Å². The van der Waals surface area contributed by atoms with E-state index in [1.165, 1.54) is 22.3 Å². The van der Waals surface area contributed by atoms with Gasteiger partial charge in [0.05, 0.1) is 0 Å². The summed E-state index contributed by atoms with van der Waals surface area (Å²) in [6.07, 6.45) is 0. The summed E-state index contributed by atoms with van der Waals surface area (Å²) in [5.74, 6) is 0. The van der Waals surface area contributed by atoms with Crippen LogP contribution in [-0.4, -0.2) is 17.2 Å². The molecular weight excluding hydrogens is 343 g/mol. The summed E-state index contributed by atoms with van der Waals surface area (Å²) in [4.78, 5) is 0. The van der Waals surface area contributed by atoms with Crippen molar-refractivity contribution in [3.8, 4) is 22.3 Å². The fourth-order valence-electron chi connectivity index (χ4n) is 4.69. The number of rotatable bonds is 2. The van der Waals surface area contributed by atoms with E-state index in [9.17, 15) is 10.0 Å². The Morgan fingerprint density at radius 2 is 1.32 bits per heavy atom. The molecule has 0 aromatic heterocycles. The quantitative estimate of drug-likeness (QED) is 0.515. The molecule has 136 valence electrons. The molecule has 28 heavy (non-hydrogen) atoms. The Bertz CT molecular complexity index is 1220. The van der Waals surface area contributed by atoms with Gasteiger partial charge in [-0.3, -0.25) is 0 Å². The number of hydrogen-bond acceptors (Lipinski definition) is 2. The van der Waals surface area contributed by atoms with Gasteiger partial charge in [-0.05, 0) is 55.7 Å². The molecule has 0 bridgehead atoms. The minimum absolute atomic E-state index is 0.00260. The maximum atomic E-state index is 9.73. The third-order valence-corrected chi connectivity index (χ3v) is 6.13. The van der Waals surface area contributed by atoms with Crippen molar-refractivity contribution in [2.24, 2.45) is 0 Å². The van der Waals surface area contributed by atoms with Crippen LogP contribution in [0.2, 0.25) is 0 Å². The molecule has 0 radical (unpaired) electrons. The van der Waals surface area contributed by atoms with E-state index < -0.39 is 7.12 Å². The molecule has 0 aliphatic heterocycles. The summed E-state index contributed by atoms with van der Waals surface area (Å²) < 4.78 is 0. The van der Waals surface area contributed by atoms with E-state index in [1.54, 1.807) is 0 Å². The smallest absolute Gasteiger partial charge is 0.423 e. The highest BCUT2D eigenvalue weighted by atomic mass is 16.4. The molecule has 2 N–H and O–H groups in total. The van der Waals surface area contributed by atoms with Gasteiger partial charge in [-0.1, -0.05) is 86.6 Å². The van der Waals surface area contributed by atoms with Gasteiger partial charge in [0.1, 0.15) is 0 Å². The van der Waals surface area contributed by atoms with Crippen molar-refractivity contribution in [3.05, 3.63) is 90.0 Å². The molecule has 0 amide bonds. The Morgan fingerprint density at radius 3 is 2.11 bits per heavy atom. The van der Waals surface area contributed by atoms with Crippen LogP contribution in [0.1, 0.15) is 25.0 Å². The van der Waals surface area contributed by atoms with Crippen LogP contribution in [0.5, 0.6) is 0 Å². The Kier molecular flexibility index (Phi) is 3.73. The predicted molar refractivity (Wildman–Crippen MR) is 117 cm³/mol. The zero-order valence-corrected chi connectivity index (χ0v) is 16.0. The monoisotopic (exact) mass is 364 g/mol. The normalized spacial score (nSPS) is 14.0. The molecule has 4 aromatic carbocycles. The van der Waals surface area contributed by atoms with Crippen LogP contribution < -0.4 is 5.46 Å². The maximum absolute atomic E-state index is 9.73. The molecule has 0 heterocycles. The van der Waals surface area contributed by atoms with E-state index in [0.29, 0.717) is 5.46 Å². The Morgan fingerprint density at radius 1 is 0.643 bits per heavy atom. The molecule has 0 spiro atoms. The SMILES string of the molecule is CC1(C)c2ccccc2-c2cc(-c3ccc(B(O)O)c4ccccc34)ccc21. The molecule has 5 rings (SSSR count). The summed E-state index contributed by atoms with van der Waals surface area (Å²) in [7, 11) is -1.48. The summed E-state index contributed by atoms with van der Waals surface area (Å²) >= 11 is 0. The van der Waals surface area contributed by atoms with E-state index >= 15 is 0 Å². The van der Waals surface area contributed by atoms with E-state index in [4.69, 9.17) is 0 Å². The van der Waals surface area contributed by atoms with Crippen LogP contribution in [0.15, 0.2) is 78.9 Å². The van der Waals surface area contributed by atoms with Crippen molar-refractivity contribution in [1.82, 2.24) is 0 Å². The molecule has 0 atom stereocenters. The van der Waals surface area contributed by atoms with Gasteiger partial charge >= 0.3 is 7.12 Å². The lowest BCUT2D eigenvalue weighted by Crippen LogP contribution is -2.30. The lowest BCUT2D eigenvalue weighted by atomic mass is 9.76. The molecule has 1 aliphatic rings. The largest absolute Gasteiger partial charge is 0.489 e. The van der Waals surface area contributed by atoms with E-state index in [2.05, 4.69) is 56.3 Å². The number of hydrogen-bond donors (Lipinski definition) is 2. The average molecular weight is 364 g/mol. The van der Waals surface area contributed by atoms with Crippen LogP contribution >= 0.6 is 0 Å². The van der Waals surface area contributed by atoms with Gasteiger partial charge in [0, 0.05) is 5.41 Å². The molecule has 0 unspecified atom stereocenters. The maximum Gasteiger partial charge on any atom is 0.489 e. The van der Waals surface area contributed by atoms with Crippen molar-refractivity contribution in [3.63, 3.8) is 0 Å². The van der Waals surface area contributed by atoms with Crippen molar-refractivity contribution in [2.45, 2.75) is 19.3 Å². The Hall–Kier alpha value is -2.88. The zero-order valence-electron chi connectivity index (χ0n) is 16.0. The molecular formula is C25H21BO2. The molecule has 0 saturated carbocycles. The highest BCUT2D eigenvalue weighted by Gasteiger charge is 2.35. The Balaban J connectivity index is 1.76. The molecule has 0 saturated heterocycles. The van der Waals surface area contributed by atoms with Crippen molar-refractivity contribution < 1.29 is 10.0 Å². The second-order valence-electron chi connectivity index (χ2n) is 8.05. The number of fused-ring (bicyclic) bond motifs is 4. The van der Waals surface area contributed by atoms with Crippen molar-refractivity contribution >= 4 is 23.4 Å². The number of benzene rings is 4. The van der Waals surface area contributed by atoms with Crippen molar-refractivity contribution in [2.75, 3.05) is 0 Å².